The van der Waals surface area contributed by atoms with Crippen molar-refractivity contribution in [2.24, 2.45) is 22.7 Å². The fourth-order valence-electron chi connectivity index (χ4n) is 5.07. The average molecular weight is 394 g/mol. The van der Waals surface area contributed by atoms with Crippen molar-refractivity contribution >= 4 is 28.9 Å². The summed E-state index contributed by atoms with van der Waals surface area (Å²) in [6, 6.07) is 0.479. The molecule has 6 nitrogen and oxygen atoms in total. The van der Waals surface area contributed by atoms with Gasteiger partial charge in [-0.05, 0) is 65.2 Å². The molecule has 4 rings (SSSR count). The summed E-state index contributed by atoms with van der Waals surface area (Å²) >= 11 is 1.57. The van der Waals surface area contributed by atoms with Crippen molar-refractivity contribution in [3.8, 4) is 0 Å². The summed E-state index contributed by atoms with van der Waals surface area (Å²) in [6.07, 6.45) is 5.73. The molecule has 2 saturated carbocycles. The quantitative estimate of drug-likeness (QED) is 0.778. The lowest BCUT2D eigenvalue weighted by Crippen LogP contribution is -2.41. The molecule has 0 aromatic carbocycles. The first kappa shape index (κ1) is 19.1. The first-order valence-corrected chi connectivity index (χ1v) is 11.0. The van der Waals surface area contributed by atoms with Gasteiger partial charge in [0, 0.05) is 25.0 Å². The normalized spacial score (nSPS) is 38.4. The van der Waals surface area contributed by atoms with Crippen LogP contribution in [0.1, 0.15) is 59.8 Å². The SMILES string of the molecule is CC(C)(C)OC(=O)N1CCC(C2(C)SC(N[C@H]3C[C@H]4CC[C@H]3C4)=NC2=O)C1. The Morgan fingerprint density at radius 2 is 2.07 bits per heavy atom. The molecule has 0 spiro atoms. The van der Waals surface area contributed by atoms with E-state index < -0.39 is 10.3 Å². The molecule has 3 fully saturated rings. The molecule has 2 amide bonds. The second-order valence-corrected chi connectivity index (χ2v) is 11.2. The van der Waals surface area contributed by atoms with Crippen molar-refractivity contribution in [1.29, 1.82) is 0 Å². The van der Waals surface area contributed by atoms with Crippen molar-refractivity contribution in [1.82, 2.24) is 10.2 Å². The van der Waals surface area contributed by atoms with E-state index in [1.165, 1.54) is 25.7 Å². The zero-order valence-corrected chi connectivity index (χ0v) is 17.6. The summed E-state index contributed by atoms with van der Waals surface area (Å²) in [5.74, 6) is 1.65. The highest BCUT2D eigenvalue weighted by Gasteiger charge is 2.51. The number of carbonyl (C=O) groups is 2. The maximum absolute atomic E-state index is 12.7. The molecule has 1 saturated heterocycles. The molecule has 150 valence electrons. The van der Waals surface area contributed by atoms with Crippen LogP contribution in [0.2, 0.25) is 0 Å². The van der Waals surface area contributed by atoms with Crippen LogP contribution in [0.15, 0.2) is 4.99 Å². The summed E-state index contributed by atoms with van der Waals surface area (Å²) in [5, 5.41) is 4.36. The Morgan fingerprint density at radius 1 is 1.30 bits per heavy atom. The van der Waals surface area contributed by atoms with Crippen LogP contribution in [-0.2, 0) is 9.53 Å². The van der Waals surface area contributed by atoms with Crippen molar-refractivity contribution in [3.63, 3.8) is 0 Å². The molecule has 2 unspecified atom stereocenters. The van der Waals surface area contributed by atoms with Gasteiger partial charge in [-0.1, -0.05) is 18.2 Å². The van der Waals surface area contributed by atoms with Crippen LogP contribution >= 0.6 is 11.8 Å². The van der Waals surface area contributed by atoms with Crippen LogP contribution in [0.25, 0.3) is 0 Å². The monoisotopic (exact) mass is 393 g/mol. The van der Waals surface area contributed by atoms with Crippen molar-refractivity contribution in [3.05, 3.63) is 0 Å². The predicted octanol–water partition coefficient (Wildman–Crippen LogP) is 3.41. The Morgan fingerprint density at radius 3 is 2.70 bits per heavy atom. The third kappa shape index (κ3) is 3.71. The Labute approximate surface area is 165 Å². The molecule has 1 N–H and O–H groups in total. The number of nitrogens with zero attached hydrogens (tertiary/aromatic N) is 2. The van der Waals surface area contributed by atoms with E-state index in [0.717, 1.165) is 23.4 Å². The van der Waals surface area contributed by atoms with Gasteiger partial charge in [0.05, 0.1) is 0 Å². The second kappa shape index (κ2) is 6.68. The van der Waals surface area contributed by atoms with Gasteiger partial charge in [-0.2, -0.15) is 4.99 Å². The lowest BCUT2D eigenvalue weighted by atomic mass is 9.91. The Balaban J connectivity index is 1.35. The Bertz CT molecular complexity index is 674. The van der Waals surface area contributed by atoms with Crippen LogP contribution < -0.4 is 5.32 Å². The minimum Gasteiger partial charge on any atom is -0.444 e. The predicted molar refractivity (Wildman–Crippen MR) is 107 cm³/mol. The molecule has 27 heavy (non-hydrogen) atoms. The Kier molecular flexibility index (Phi) is 4.72. The highest BCUT2D eigenvalue weighted by molar-refractivity contribution is 8.16. The van der Waals surface area contributed by atoms with Gasteiger partial charge < -0.3 is 15.0 Å². The van der Waals surface area contributed by atoms with Crippen molar-refractivity contribution in [2.45, 2.75) is 76.2 Å². The molecular formula is C20H31N3O3S. The first-order chi connectivity index (χ1) is 12.6. The third-order valence-electron chi connectivity index (χ3n) is 6.60. The van der Waals surface area contributed by atoms with Crippen molar-refractivity contribution < 1.29 is 14.3 Å². The van der Waals surface area contributed by atoms with E-state index in [0.29, 0.717) is 19.1 Å². The number of fused-ring (bicyclic) bond motifs is 2. The molecule has 2 bridgehead atoms. The number of carbonyl (C=O) groups excluding carboxylic acids is 2. The van der Waals surface area contributed by atoms with E-state index in [-0.39, 0.29) is 17.9 Å². The third-order valence-corrected chi connectivity index (χ3v) is 7.94. The highest BCUT2D eigenvalue weighted by Crippen LogP contribution is 2.47. The summed E-state index contributed by atoms with van der Waals surface area (Å²) < 4.78 is 4.90. The fraction of sp³-hybridized carbons (Fsp3) is 0.850. The first-order valence-electron chi connectivity index (χ1n) is 10.2. The van der Waals surface area contributed by atoms with Gasteiger partial charge in [-0.15, -0.1) is 0 Å². The van der Waals surface area contributed by atoms with Gasteiger partial charge in [0.25, 0.3) is 5.91 Å². The van der Waals surface area contributed by atoms with Crippen molar-refractivity contribution in [2.75, 3.05) is 13.1 Å². The zero-order chi connectivity index (χ0) is 19.4. The van der Waals surface area contributed by atoms with Crippen LogP contribution in [0, 0.1) is 17.8 Å². The standard InChI is InChI=1S/C20H31N3O3S/c1-19(2,3)26-18(25)23-8-7-14(11-23)20(4)16(24)22-17(27-20)21-15-10-12-5-6-13(15)9-12/h12-15H,5-11H2,1-4H3,(H,21,22,24)/t12-,13-,14?,15-,20?/m0/s1. The van der Waals surface area contributed by atoms with Crippen LogP contribution in [0.4, 0.5) is 4.79 Å². The lowest BCUT2D eigenvalue weighted by Gasteiger charge is -2.29. The van der Waals surface area contributed by atoms with E-state index in [1.54, 1.807) is 16.7 Å². The molecule has 4 aliphatic rings. The second-order valence-electron chi connectivity index (χ2n) is 9.77. The summed E-state index contributed by atoms with van der Waals surface area (Å²) in [6.45, 7) is 8.80. The minimum atomic E-state index is -0.587. The minimum absolute atomic E-state index is 0.0609. The molecule has 5 atom stereocenters. The molecule has 2 aliphatic heterocycles. The number of hydrogen-bond donors (Lipinski definition) is 1. The highest BCUT2D eigenvalue weighted by atomic mass is 32.2. The molecule has 2 aliphatic carbocycles. The lowest BCUT2D eigenvalue weighted by molar-refractivity contribution is -0.120. The van der Waals surface area contributed by atoms with Crippen LogP contribution in [0.3, 0.4) is 0 Å². The average Bonchev–Trinajstić information content (AvgIpc) is 3.31. The van der Waals surface area contributed by atoms with Crippen LogP contribution in [-0.4, -0.2) is 51.5 Å². The van der Waals surface area contributed by atoms with Gasteiger partial charge in [-0.25, -0.2) is 4.79 Å². The van der Waals surface area contributed by atoms with E-state index >= 15 is 0 Å². The summed E-state index contributed by atoms with van der Waals surface area (Å²) in [4.78, 5) is 31.2. The van der Waals surface area contributed by atoms with Gasteiger partial charge in [0.1, 0.15) is 10.3 Å². The zero-order valence-electron chi connectivity index (χ0n) is 16.8. The molecule has 0 radical (unpaired) electrons. The molecule has 7 heteroatoms. The number of amides is 2. The maximum Gasteiger partial charge on any atom is 0.410 e. The van der Waals surface area contributed by atoms with Gasteiger partial charge in [0.15, 0.2) is 5.17 Å². The number of amidine groups is 1. The number of thioether (sulfide) groups is 1. The summed E-state index contributed by atoms with van der Waals surface area (Å²) in [7, 11) is 0. The van der Waals surface area contributed by atoms with E-state index in [9.17, 15) is 9.59 Å². The number of ether oxygens (including phenoxy) is 1. The van der Waals surface area contributed by atoms with Gasteiger partial charge >= 0.3 is 6.09 Å². The number of rotatable bonds is 2. The van der Waals surface area contributed by atoms with E-state index in [1.807, 2.05) is 27.7 Å². The van der Waals surface area contributed by atoms with E-state index in [2.05, 4.69) is 10.3 Å². The summed E-state index contributed by atoms with van der Waals surface area (Å²) in [5.41, 5.74) is -0.502. The molecule has 0 aromatic rings. The smallest absolute Gasteiger partial charge is 0.410 e. The number of nitrogens with one attached hydrogen (secondary N) is 1. The Hall–Kier alpha value is -1.24. The largest absolute Gasteiger partial charge is 0.444 e. The number of aliphatic imine (C=N–C) groups is 1. The molecular weight excluding hydrogens is 362 g/mol. The fourth-order valence-corrected chi connectivity index (χ4v) is 6.31. The number of likely N-dealkylation sites (tertiary alicyclic amines) is 1. The molecule has 2 heterocycles. The topological polar surface area (TPSA) is 71.0 Å². The van der Waals surface area contributed by atoms with Crippen LogP contribution in [0.5, 0.6) is 0 Å². The van der Waals surface area contributed by atoms with E-state index in [4.69, 9.17) is 4.74 Å². The van der Waals surface area contributed by atoms with Gasteiger partial charge in [0.2, 0.25) is 0 Å². The molecule has 0 aromatic heterocycles. The maximum atomic E-state index is 12.7. The van der Waals surface area contributed by atoms with Gasteiger partial charge in [-0.3, -0.25) is 4.79 Å². The number of hydrogen-bond acceptors (Lipinski definition) is 5.